The molecular formula is C27H29BrFN3O4S. The van der Waals surface area contributed by atoms with Crippen LogP contribution in [-0.2, 0) is 26.2 Å². The van der Waals surface area contributed by atoms with Crippen LogP contribution in [0.4, 0.5) is 10.1 Å². The number of amides is 2. The standard InChI is InChI=1S/C27H29BrFN3O4S/c1-4-30-27(34)20(3)31(17-21-10-12-23(29)13-11-21)26(33)18-32(24-7-5-6-22(28)16-24)37(35,36)25-14-8-19(2)9-15-25/h5-16,20H,4,17-18H2,1-3H3,(H,30,34)/t20-/m0/s1. The van der Waals surface area contributed by atoms with E-state index in [1.54, 1.807) is 50.2 Å². The first kappa shape index (κ1) is 28.3. The zero-order valence-corrected chi connectivity index (χ0v) is 23.2. The summed E-state index contributed by atoms with van der Waals surface area (Å²) in [7, 11) is -4.14. The van der Waals surface area contributed by atoms with Crippen LogP contribution in [0, 0.1) is 12.7 Å². The lowest BCUT2D eigenvalue weighted by atomic mass is 10.1. The molecule has 0 aliphatic rings. The van der Waals surface area contributed by atoms with Gasteiger partial charge in [0.05, 0.1) is 10.6 Å². The molecule has 7 nitrogen and oxygen atoms in total. The summed E-state index contributed by atoms with van der Waals surface area (Å²) in [5.74, 6) is -1.39. The molecule has 0 unspecified atom stereocenters. The van der Waals surface area contributed by atoms with E-state index in [1.165, 1.54) is 41.3 Å². The van der Waals surface area contributed by atoms with E-state index in [4.69, 9.17) is 0 Å². The molecular weight excluding hydrogens is 561 g/mol. The van der Waals surface area contributed by atoms with Gasteiger partial charge in [0.15, 0.2) is 0 Å². The molecule has 0 aromatic heterocycles. The number of sulfonamides is 1. The molecule has 0 saturated heterocycles. The molecule has 1 N–H and O–H groups in total. The summed E-state index contributed by atoms with van der Waals surface area (Å²) >= 11 is 3.37. The van der Waals surface area contributed by atoms with Crippen molar-refractivity contribution in [2.75, 3.05) is 17.4 Å². The molecule has 196 valence electrons. The first-order chi connectivity index (χ1) is 17.5. The van der Waals surface area contributed by atoms with E-state index < -0.39 is 34.3 Å². The number of aryl methyl sites for hydroxylation is 1. The maximum Gasteiger partial charge on any atom is 0.264 e. The van der Waals surface area contributed by atoms with Gasteiger partial charge in [-0.3, -0.25) is 13.9 Å². The molecule has 0 radical (unpaired) electrons. The third kappa shape index (κ3) is 7.17. The van der Waals surface area contributed by atoms with Crippen LogP contribution in [0.5, 0.6) is 0 Å². The monoisotopic (exact) mass is 589 g/mol. The number of nitrogens with one attached hydrogen (secondary N) is 1. The van der Waals surface area contributed by atoms with Crippen LogP contribution in [0.25, 0.3) is 0 Å². The Kier molecular flexibility index (Phi) is 9.45. The quantitative estimate of drug-likeness (QED) is 0.373. The number of likely N-dealkylation sites (N-methyl/N-ethyl adjacent to an activating group) is 1. The first-order valence-electron chi connectivity index (χ1n) is 11.7. The predicted octanol–water partition coefficient (Wildman–Crippen LogP) is 4.65. The number of carbonyl (C=O) groups excluding carboxylic acids is 2. The Hall–Kier alpha value is -3.24. The maximum atomic E-state index is 13.7. The number of rotatable bonds is 10. The number of hydrogen-bond acceptors (Lipinski definition) is 4. The van der Waals surface area contributed by atoms with Crippen molar-refractivity contribution in [3.05, 3.63) is 94.2 Å². The molecule has 0 heterocycles. The van der Waals surface area contributed by atoms with Crippen molar-refractivity contribution in [2.24, 2.45) is 0 Å². The zero-order chi connectivity index (χ0) is 27.2. The fraction of sp³-hybridized carbons (Fsp3) is 0.259. The minimum absolute atomic E-state index is 0.00564. The van der Waals surface area contributed by atoms with Crippen LogP contribution < -0.4 is 9.62 Å². The number of benzene rings is 3. The Morgan fingerprint density at radius 2 is 1.68 bits per heavy atom. The second kappa shape index (κ2) is 12.3. The summed E-state index contributed by atoms with van der Waals surface area (Å²) in [6.07, 6.45) is 0. The molecule has 0 aliphatic heterocycles. The van der Waals surface area contributed by atoms with Gasteiger partial charge in [-0.05, 0) is 68.8 Å². The van der Waals surface area contributed by atoms with Gasteiger partial charge in [0.25, 0.3) is 10.0 Å². The first-order valence-corrected chi connectivity index (χ1v) is 13.9. The Bertz CT molecular complexity index is 1350. The summed E-state index contributed by atoms with van der Waals surface area (Å²) in [6, 6.07) is 17.7. The number of hydrogen-bond donors (Lipinski definition) is 1. The lowest BCUT2D eigenvalue weighted by Gasteiger charge is -2.32. The molecule has 0 bridgehead atoms. The zero-order valence-electron chi connectivity index (χ0n) is 20.8. The average Bonchev–Trinajstić information content (AvgIpc) is 2.86. The molecule has 3 aromatic carbocycles. The summed E-state index contributed by atoms with van der Waals surface area (Å²) in [4.78, 5) is 27.7. The van der Waals surface area contributed by atoms with Crippen molar-refractivity contribution >= 4 is 43.5 Å². The van der Waals surface area contributed by atoms with Gasteiger partial charge in [-0.25, -0.2) is 12.8 Å². The molecule has 3 rings (SSSR count). The van der Waals surface area contributed by atoms with Crippen molar-refractivity contribution < 1.29 is 22.4 Å². The Balaban J connectivity index is 2.02. The van der Waals surface area contributed by atoms with Crippen LogP contribution in [-0.4, -0.2) is 44.3 Å². The van der Waals surface area contributed by atoms with Gasteiger partial charge in [0.1, 0.15) is 18.4 Å². The van der Waals surface area contributed by atoms with Crippen LogP contribution in [0.2, 0.25) is 0 Å². The van der Waals surface area contributed by atoms with Gasteiger partial charge in [0, 0.05) is 17.6 Å². The Labute approximate surface area is 225 Å². The predicted molar refractivity (Wildman–Crippen MR) is 145 cm³/mol. The highest BCUT2D eigenvalue weighted by atomic mass is 79.9. The van der Waals surface area contributed by atoms with Gasteiger partial charge in [-0.15, -0.1) is 0 Å². The van der Waals surface area contributed by atoms with Crippen molar-refractivity contribution in [3.63, 3.8) is 0 Å². The molecule has 10 heteroatoms. The Morgan fingerprint density at radius 3 is 2.27 bits per heavy atom. The average molecular weight is 591 g/mol. The highest BCUT2D eigenvalue weighted by Crippen LogP contribution is 2.27. The molecule has 2 amide bonds. The maximum absolute atomic E-state index is 13.7. The highest BCUT2D eigenvalue weighted by Gasteiger charge is 2.32. The molecule has 3 aromatic rings. The van der Waals surface area contributed by atoms with E-state index in [-0.39, 0.29) is 23.0 Å². The van der Waals surface area contributed by atoms with E-state index in [9.17, 15) is 22.4 Å². The fourth-order valence-electron chi connectivity index (χ4n) is 3.69. The third-order valence-corrected chi connectivity index (χ3v) is 8.05. The summed E-state index contributed by atoms with van der Waals surface area (Å²) < 4.78 is 42.6. The molecule has 37 heavy (non-hydrogen) atoms. The van der Waals surface area contributed by atoms with Gasteiger partial charge in [0.2, 0.25) is 11.8 Å². The molecule has 0 spiro atoms. The van der Waals surface area contributed by atoms with Gasteiger partial charge in [-0.1, -0.05) is 51.8 Å². The number of carbonyl (C=O) groups is 2. The molecule has 0 aliphatic carbocycles. The van der Waals surface area contributed by atoms with Crippen molar-refractivity contribution in [2.45, 2.75) is 38.3 Å². The minimum atomic E-state index is -4.14. The topological polar surface area (TPSA) is 86.8 Å². The number of anilines is 1. The van der Waals surface area contributed by atoms with E-state index in [0.717, 1.165) is 9.87 Å². The van der Waals surface area contributed by atoms with Crippen LogP contribution in [0.3, 0.4) is 0 Å². The summed E-state index contributed by atoms with van der Waals surface area (Å²) in [6.45, 7) is 5.01. The smallest absolute Gasteiger partial charge is 0.264 e. The van der Waals surface area contributed by atoms with Crippen LogP contribution in [0.1, 0.15) is 25.0 Å². The molecule has 1 atom stereocenters. The second-order valence-corrected chi connectivity index (χ2v) is 11.3. The van der Waals surface area contributed by atoms with E-state index >= 15 is 0 Å². The van der Waals surface area contributed by atoms with Gasteiger partial charge >= 0.3 is 0 Å². The fourth-order valence-corrected chi connectivity index (χ4v) is 5.48. The molecule has 0 saturated carbocycles. The SMILES string of the molecule is CCNC(=O)[C@H](C)N(Cc1ccc(F)cc1)C(=O)CN(c1cccc(Br)c1)S(=O)(=O)c1ccc(C)cc1. The van der Waals surface area contributed by atoms with Gasteiger partial charge < -0.3 is 10.2 Å². The lowest BCUT2D eigenvalue weighted by molar-refractivity contribution is -0.139. The van der Waals surface area contributed by atoms with Gasteiger partial charge in [-0.2, -0.15) is 0 Å². The van der Waals surface area contributed by atoms with E-state index in [1.807, 2.05) is 6.92 Å². The van der Waals surface area contributed by atoms with Crippen LogP contribution >= 0.6 is 15.9 Å². The number of nitrogens with zero attached hydrogens (tertiary/aromatic N) is 2. The second-order valence-electron chi connectivity index (χ2n) is 8.52. The Morgan fingerprint density at radius 1 is 1.03 bits per heavy atom. The van der Waals surface area contributed by atoms with Crippen molar-refractivity contribution in [1.29, 1.82) is 0 Å². The lowest BCUT2D eigenvalue weighted by Crippen LogP contribution is -2.51. The van der Waals surface area contributed by atoms with Crippen molar-refractivity contribution in [1.82, 2.24) is 10.2 Å². The largest absolute Gasteiger partial charge is 0.355 e. The van der Waals surface area contributed by atoms with Crippen LogP contribution in [0.15, 0.2) is 82.2 Å². The van der Waals surface area contributed by atoms with E-state index in [2.05, 4.69) is 21.2 Å². The summed E-state index contributed by atoms with van der Waals surface area (Å²) in [5, 5.41) is 2.70. The number of halogens is 2. The summed E-state index contributed by atoms with van der Waals surface area (Å²) in [5.41, 5.74) is 1.78. The minimum Gasteiger partial charge on any atom is -0.355 e. The van der Waals surface area contributed by atoms with Crippen molar-refractivity contribution in [3.8, 4) is 0 Å². The van der Waals surface area contributed by atoms with E-state index in [0.29, 0.717) is 16.6 Å². The molecule has 0 fully saturated rings. The third-order valence-electron chi connectivity index (χ3n) is 5.77. The highest BCUT2D eigenvalue weighted by molar-refractivity contribution is 9.10. The normalized spacial score (nSPS) is 12.0.